The van der Waals surface area contributed by atoms with Gasteiger partial charge in [0, 0.05) is 5.69 Å². The summed E-state index contributed by atoms with van der Waals surface area (Å²) in [4.78, 5) is 11.8. The summed E-state index contributed by atoms with van der Waals surface area (Å²) in [6.45, 7) is 6.11. The SMILES string of the molecule is CC(=NNC(=O)CNc1cccc(C)c1)c1ccc(C)cc1. The lowest BCUT2D eigenvalue weighted by atomic mass is 10.1. The van der Waals surface area contributed by atoms with Gasteiger partial charge < -0.3 is 5.32 Å². The van der Waals surface area contributed by atoms with Crippen LogP contribution in [0.5, 0.6) is 0 Å². The molecule has 2 rings (SSSR count). The van der Waals surface area contributed by atoms with Gasteiger partial charge in [0.15, 0.2) is 0 Å². The average Bonchev–Trinajstić information content (AvgIpc) is 2.51. The van der Waals surface area contributed by atoms with Gasteiger partial charge in [-0.3, -0.25) is 4.79 Å². The van der Waals surface area contributed by atoms with Crippen LogP contribution in [0.1, 0.15) is 23.6 Å². The normalized spacial score (nSPS) is 11.1. The zero-order valence-corrected chi connectivity index (χ0v) is 13.2. The fourth-order valence-corrected chi connectivity index (χ4v) is 1.98. The van der Waals surface area contributed by atoms with Crippen molar-refractivity contribution in [1.29, 1.82) is 0 Å². The first-order chi connectivity index (χ1) is 10.5. The Kier molecular flexibility index (Phi) is 5.31. The van der Waals surface area contributed by atoms with E-state index in [0.29, 0.717) is 0 Å². The monoisotopic (exact) mass is 295 g/mol. The minimum absolute atomic E-state index is 0.173. The summed E-state index contributed by atoms with van der Waals surface area (Å²) < 4.78 is 0. The first-order valence-corrected chi connectivity index (χ1v) is 7.25. The quantitative estimate of drug-likeness (QED) is 0.657. The van der Waals surface area contributed by atoms with Gasteiger partial charge in [0.1, 0.15) is 0 Å². The molecule has 0 aliphatic rings. The van der Waals surface area contributed by atoms with E-state index >= 15 is 0 Å². The molecule has 0 saturated carbocycles. The van der Waals surface area contributed by atoms with Crippen LogP contribution < -0.4 is 10.7 Å². The van der Waals surface area contributed by atoms with Crippen LogP contribution in [0.15, 0.2) is 53.6 Å². The Hall–Kier alpha value is -2.62. The zero-order valence-electron chi connectivity index (χ0n) is 13.2. The highest BCUT2D eigenvalue weighted by atomic mass is 16.2. The summed E-state index contributed by atoms with van der Waals surface area (Å²) in [7, 11) is 0. The molecule has 2 aromatic carbocycles. The van der Waals surface area contributed by atoms with Crippen molar-refractivity contribution in [2.24, 2.45) is 5.10 Å². The Bertz CT molecular complexity index is 675. The molecule has 0 saturated heterocycles. The van der Waals surface area contributed by atoms with Gasteiger partial charge in [0.25, 0.3) is 5.91 Å². The first-order valence-electron chi connectivity index (χ1n) is 7.25. The molecule has 2 N–H and O–H groups in total. The molecule has 0 aliphatic carbocycles. The zero-order chi connectivity index (χ0) is 15.9. The number of carbonyl (C=O) groups is 1. The third-order valence-corrected chi connectivity index (χ3v) is 3.29. The van der Waals surface area contributed by atoms with Gasteiger partial charge in [-0.15, -0.1) is 0 Å². The summed E-state index contributed by atoms with van der Waals surface area (Å²) in [5, 5.41) is 7.21. The van der Waals surface area contributed by atoms with Crippen LogP contribution in [0.2, 0.25) is 0 Å². The van der Waals surface area contributed by atoms with Crippen LogP contribution in [0.4, 0.5) is 5.69 Å². The molecular weight excluding hydrogens is 274 g/mol. The van der Waals surface area contributed by atoms with Crippen molar-refractivity contribution >= 4 is 17.3 Å². The van der Waals surface area contributed by atoms with Crippen LogP contribution in [0.3, 0.4) is 0 Å². The first kappa shape index (κ1) is 15.8. The smallest absolute Gasteiger partial charge is 0.259 e. The number of anilines is 1. The molecule has 114 valence electrons. The molecule has 0 aliphatic heterocycles. The maximum Gasteiger partial charge on any atom is 0.259 e. The van der Waals surface area contributed by atoms with Crippen LogP contribution in [0, 0.1) is 13.8 Å². The lowest BCUT2D eigenvalue weighted by Crippen LogP contribution is -2.26. The van der Waals surface area contributed by atoms with Gasteiger partial charge in [-0.05, 0) is 44.0 Å². The fourth-order valence-electron chi connectivity index (χ4n) is 1.98. The Balaban J connectivity index is 1.86. The van der Waals surface area contributed by atoms with E-state index in [1.165, 1.54) is 5.56 Å². The second-order valence-corrected chi connectivity index (χ2v) is 5.32. The summed E-state index contributed by atoms with van der Waals surface area (Å²) in [6.07, 6.45) is 0. The van der Waals surface area contributed by atoms with Crippen LogP contribution in [0.25, 0.3) is 0 Å². The van der Waals surface area contributed by atoms with E-state index in [0.717, 1.165) is 22.5 Å². The molecule has 0 aromatic heterocycles. The largest absolute Gasteiger partial charge is 0.376 e. The number of hydrogen-bond acceptors (Lipinski definition) is 3. The summed E-state index contributed by atoms with van der Waals surface area (Å²) >= 11 is 0. The number of benzene rings is 2. The predicted octanol–water partition coefficient (Wildman–Crippen LogP) is 3.26. The molecule has 22 heavy (non-hydrogen) atoms. The van der Waals surface area contributed by atoms with E-state index in [9.17, 15) is 4.79 Å². The fraction of sp³-hybridized carbons (Fsp3) is 0.222. The summed E-state index contributed by atoms with van der Waals surface area (Å²) in [5.41, 5.74) is 7.62. The van der Waals surface area contributed by atoms with Crippen molar-refractivity contribution in [2.75, 3.05) is 11.9 Å². The average molecular weight is 295 g/mol. The topological polar surface area (TPSA) is 53.5 Å². The Morgan fingerprint density at radius 3 is 2.45 bits per heavy atom. The standard InChI is InChI=1S/C18H21N3O/c1-13-7-9-16(10-8-13)15(3)20-21-18(22)12-19-17-6-4-5-14(2)11-17/h4-11,19H,12H2,1-3H3,(H,21,22). The molecular formula is C18H21N3O. The number of rotatable bonds is 5. The highest BCUT2D eigenvalue weighted by Crippen LogP contribution is 2.08. The van der Waals surface area contributed by atoms with E-state index in [2.05, 4.69) is 15.8 Å². The van der Waals surface area contributed by atoms with E-state index in [-0.39, 0.29) is 12.5 Å². The number of carbonyl (C=O) groups excluding carboxylic acids is 1. The summed E-state index contributed by atoms with van der Waals surface area (Å²) in [6, 6.07) is 15.9. The Morgan fingerprint density at radius 1 is 1.05 bits per heavy atom. The Morgan fingerprint density at radius 2 is 1.77 bits per heavy atom. The van der Waals surface area contributed by atoms with Crippen LogP contribution in [-0.4, -0.2) is 18.2 Å². The van der Waals surface area contributed by atoms with Crippen molar-refractivity contribution < 1.29 is 4.79 Å². The minimum Gasteiger partial charge on any atom is -0.376 e. The highest BCUT2D eigenvalue weighted by molar-refractivity contribution is 5.99. The maximum absolute atomic E-state index is 11.8. The molecule has 0 heterocycles. The number of hydrogen-bond donors (Lipinski definition) is 2. The molecule has 1 amide bonds. The maximum atomic E-state index is 11.8. The highest BCUT2D eigenvalue weighted by Gasteiger charge is 2.01. The molecule has 0 radical (unpaired) electrons. The number of amides is 1. The number of hydrazone groups is 1. The van der Waals surface area contributed by atoms with Gasteiger partial charge in [-0.1, -0.05) is 42.0 Å². The molecule has 2 aromatic rings. The minimum atomic E-state index is -0.173. The molecule has 0 fully saturated rings. The van der Waals surface area contributed by atoms with E-state index in [4.69, 9.17) is 0 Å². The van der Waals surface area contributed by atoms with Crippen molar-refractivity contribution in [3.8, 4) is 0 Å². The number of nitrogens with zero attached hydrogens (tertiary/aromatic N) is 1. The molecule has 0 unspecified atom stereocenters. The Labute approximate surface area is 131 Å². The molecule has 0 bridgehead atoms. The van der Waals surface area contributed by atoms with Gasteiger partial charge >= 0.3 is 0 Å². The van der Waals surface area contributed by atoms with Gasteiger partial charge in [-0.2, -0.15) is 5.10 Å². The molecule has 4 nitrogen and oxygen atoms in total. The van der Waals surface area contributed by atoms with Gasteiger partial charge in [0.05, 0.1) is 12.3 Å². The van der Waals surface area contributed by atoms with Crippen molar-refractivity contribution in [3.63, 3.8) is 0 Å². The lowest BCUT2D eigenvalue weighted by molar-refractivity contribution is -0.119. The molecule has 4 heteroatoms. The van der Waals surface area contributed by atoms with Gasteiger partial charge in [0.2, 0.25) is 0 Å². The summed E-state index contributed by atoms with van der Waals surface area (Å²) in [5.74, 6) is -0.173. The van der Waals surface area contributed by atoms with Crippen molar-refractivity contribution in [2.45, 2.75) is 20.8 Å². The van der Waals surface area contributed by atoms with Crippen LogP contribution in [-0.2, 0) is 4.79 Å². The van der Waals surface area contributed by atoms with Crippen LogP contribution >= 0.6 is 0 Å². The second-order valence-electron chi connectivity index (χ2n) is 5.32. The number of nitrogens with one attached hydrogen (secondary N) is 2. The lowest BCUT2D eigenvalue weighted by Gasteiger charge is -2.07. The van der Waals surface area contributed by atoms with Crippen molar-refractivity contribution in [1.82, 2.24) is 5.43 Å². The third-order valence-electron chi connectivity index (χ3n) is 3.29. The number of aryl methyl sites for hydroxylation is 2. The van der Waals surface area contributed by atoms with E-state index in [1.807, 2.05) is 69.3 Å². The van der Waals surface area contributed by atoms with E-state index in [1.54, 1.807) is 0 Å². The molecule has 0 spiro atoms. The second kappa shape index (κ2) is 7.41. The van der Waals surface area contributed by atoms with Gasteiger partial charge in [-0.25, -0.2) is 5.43 Å². The molecule has 0 atom stereocenters. The van der Waals surface area contributed by atoms with E-state index < -0.39 is 0 Å². The predicted molar refractivity (Wildman–Crippen MR) is 91.2 cm³/mol. The third kappa shape index (κ3) is 4.74. The van der Waals surface area contributed by atoms with Crippen molar-refractivity contribution in [3.05, 3.63) is 65.2 Å².